The van der Waals surface area contributed by atoms with E-state index in [1.165, 1.54) is 12.1 Å². The maximum atomic E-state index is 12.6. The lowest BCUT2D eigenvalue weighted by Crippen LogP contribution is -2.03. The summed E-state index contributed by atoms with van der Waals surface area (Å²) in [6.07, 6.45) is 4.56. The van der Waals surface area contributed by atoms with Crippen molar-refractivity contribution in [1.82, 2.24) is 5.32 Å². The van der Waals surface area contributed by atoms with E-state index in [1.54, 1.807) is 12.1 Å². The summed E-state index contributed by atoms with van der Waals surface area (Å²) in [6, 6.07) is 6.03. The fourth-order valence-corrected chi connectivity index (χ4v) is 1.13. The molecule has 14 heavy (non-hydrogen) atoms. The van der Waals surface area contributed by atoms with Crippen LogP contribution in [0.3, 0.4) is 0 Å². The molecule has 0 aliphatic rings. The molecule has 0 aliphatic carbocycles. The van der Waals surface area contributed by atoms with Crippen LogP contribution in [-0.2, 0) is 0 Å². The van der Waals surface area contributed by atoms with Crippen LogP contribution in [0.15, 0.2) is 30.3 Å². The number of nitriles is 1. The predicted molar refractivity (Wildman–Crippen MR) is 53.4 cm³/mol. The molecule has 0 saturated carbocycles. The molecule has 1 aromatic carbocycles. The third kappa shape index (κ3) is 2.60. The molecule has 0 radical (unpaired) electrons. The van der Waals surface area contributed by atoms with Crippen molar-refractivity contribution in [1.29, 1.82) is 5.26 Å². The largest absolute Gasteiger partial charge is 0.293 e. The SMILES string of the molecule is CC/C=C(/NC#N)c1ccc(F)cc1. The summed E-state index contributed by atoms with van der Waals surface area (Å²) < 4.78 is 12.6. The molecule has 0 fully saturated rings. The number of rotatable bonds is 3. The van der Waals surface area contributed by atoms with E-state index in [-0.39, 0.29) is 5.82 Å². The Bertz CT molecular complexity index is 360. The van der Waals surface area contributed by atoms with E-state index in [2.05, 4.69) is 5.32 Å². The number of nitrogens with zero attached hydrogens (tertiary/aromatic N) is 1. The predicted octanol–water partition coefficient (Wildman–Crippen LogP) is 2.65. The number of allylic oxidation sites excluding steroid dienone is 1. The fourth-order valence-electron chi connectivity index (χ4n) is 1.13. The van der Waals surface area contributed by atoms with Gasteiger partial charge in [0.2, 0.25) is 0 Å². The van der Waals surface area contributed by atoms with Gasteiger partial charge >= 0.3 is 0 Å². The standard InChI is InChI=1S/C11H11FN2/c1-2-3-11(14-8-13)9-4-6-10(12)7-5-9/h3-7,14H,2H2,1H3/b11-3+. The lowest BCUT2D eigenvalue weighted by molar-refractivity contribution is 0.627. The third-order valence-electron chi connectivity index (χ3n) is 1.75. The van der Waals surface area contributed by atoms with Crippen LogP contribution in [0.25, 0.3) is 5.70 Å². The van der Waals surface area contributed by atoms with Crippen molar-refractivity contribution < 1.29 is 4.39 Å². The van der Waals surface area contributed by atoms with E-state index in [4.69, 9.17) is 5.26 Å². The lowest BCUT2D eigenvalue weighted by Gasteiger charge is -2.04. The minimum atomic E-state index is -0.276. The first-order valence-corrected chi connectivity index (χ1v) is 4.39. The van der Waals surface area contributed by atoms with Crippen LogP contribution in [-0.4, -0.2) is 0 Å². The summed E-state index contributed by atoms with van der Waals surface area (Å²) in [4.78, 5) is 0. The molecule has 0 amide bonds. The number of benzene rings is 1. The Kier molecular flexibility index (Phi) is 3.69. The zero-order valence-corrected chi connectivity index (χ0v) is 7.92. The molecular formula is C11H11FN2. The quantitative estimate of drug-likeness (QED) is 0.587. The molecule has 0 atom stereocenters. The molecule has 0 saturated heterocycles. The Morgan fingerprint density at radius 3 is 2.64 bits per heavy atom. The van der Waals surface area contributed by atoms with Crippen molar-refractivity contribution in [3.05, 3.63) is 41.7 Å². The van der Waals surface area contributed by atoms with Gasteiger partial charge in [-0.1, -0.05) is 13.0 Å². The first-order chi connectivity index (χ1) is 6.77. The van der Waals surface area contributed by atoms with Crippen molar-refractivity contribution in [2.75, 3.05) is 0 Å². The number of hydrogen-bond donors (Lipinski definition) is 1. The minimum Gasteiger partial charge on any atom is -0.293 e. The van der Waals surface area contributed by atoms with E-state index in [0.29, 0.717) is 0 Å². The summed E-state index contributed by atoms with van der Waals surface area (Å²) in [5, 5.41) is 11.1. The van der Waals surface area contributed by atoms with Crippen molar-refractivity contribution >= 4 is 5.70 Å². The zero-order chi connectivity index (χ0) is 10.4. The molecule has 0 aliphatic heterocycles. The van der Waals surface area contributed by atoms with Crippen LogP contribution in [0.4, 0.5) is 4.39 Å². The first-order valence-electron chi connectivity index (χ1n) is 4.39. The van der Waals surface area contributed by atoms with Gasteiger partial charge in [-0.15, -0.1) is 0 Å². The van der Waals surface area contributed by atoms with Gasteiger partial charge in [-0.2, -0.15) is 5.26 Å². The van der Waals surface area contributed by atoms with Crippen LogP contribution in [0.1, 0.15) is 18.9 Å². The highest BCUT2D eigenvalue weighted by molar-refractivity contribution is 5.64. The van der Waals surface area contributed by atoms with Crippen LogP contribution in [0.2, 0.25) is 0 Å². The topological polar surface area (TPSA) is 35.8 Å². The van der Waals surface area contributed by atoms with Crippen molar-refractivity contribution in [3.8, 4) is 6.19 Å². The van der Waals surface area contributed by atoms with Crippen LogP contribution < -0.4 is 5.32 Å². The molecule has 0 unspecified atom stereocenters. The van der Waals surface area contributed by atoms with E-state index in [0.717, 1.165) is 17.7 Å². The summed E-state index contributed by atoms with van der Waals surface area (Å²) in [6.45, 7) is 1.97. The van der Waals surface area contributed by atoms with Gasteiger partial charge in [0.25, 0.3) is 0 Å². The van der Waals surface area contributed by atoms with Gasteiger partial charge in [-0.05, 0) is 36.2 Å². The van der Waals surface area contributed by atoms with Gasteiger partial charge in [0.15, 0.2) is 6.19 Å². The van der Waals surface area contributed by atoms with Crippen molar-refractivity contribution in [2.45, 2.75) is 13.3 Å². The molecule has 0 bridgehead atoms. The Morgan fingerprint density at radius 2 is 2.14 bits per heavy atom. The van der Waals surface area contributed by atoms with Gasteiger partial charge in [0, 0.05) is 0 Å². The summed E-state index contributed by atoms with van der Waals surface area (Å²) in [5.41, 5.74) is 1.53. The molecule has 0 heterocycles. The van der Waals surface area contributed by atoms with Gasteiger partial charge in [0.1, 0.15) is 5.82 Å². The Hall–Kier alpha value is -1.82. The lowest BCUT2D eigenvalue weighted by atomic mass is 10.1. The number of hydrogen-bond acceptors (Lipinski definition) is 2. The zero-order valence-electron chi connectivity index (χ0n) is 7.92. The maximum Gasteiger partial charge on any atom is 0.181 e. The second-order valence-corrected chi connectivity index (χ2v) is 2.77. The third-order valence-corrected chi connectivity index (χ3v) is 1.75. The van der Waals surface area contributed by atoms with Crippen molar-refractivity contribution in [2.24, 2.45) is 0 Å². The number of halogens is 1. The molecular weight excluding hydrogens is 179 g/mol. The van der Waals surface area contributed by atoms with Gasteiger partial charge in [-0.25, -0.2) is 4.39 Å². The Balaban J connectivity index is 2.95. The molecule has 1 N–H and O–H groups in total. The molecule has 2 nitrogen and oxygen atoms in total. The van der Waals surface area contributed by atoms with Crippen molar-refractivity contribution in [3.63, 3.8) is 0 Å². The van der Waals surface area contributed by atoms with E-state index < -0.39 is 0 Å². The molecule has 0 spiro atoms. The summed E-state index contributed by atoms with van der Waals surface area (Å²) in [5.74, 6) is -0.276. The van der Waals surface area contributed by atoms with Gasteiger partial charge in [-0.3, -0.25) is 5.32 Å². The average Bonchev–Trinajstić information content (AvgIpc) is 2.19. The second kappa shape index (κ2) is 5.03. The van der Waals surface area contributed by atoms with E-state index >= 15 is 0 Å². The van der Waals surface area contributed by atoms with Gasteiger partial charge < -0.3 is 0 Å². The fraction of sp³-hybridized carbons (Fsp3) is 0.182. The number of nitrogens with one attached hydrogen (secondary N) is 1. The highest BCUT2D eigenvalue weighted by Crippen LogP contribution is 2.12. The average molecular weight is 190 g/mol. The van der Waals surface area contributed by atoms with Gasteiger partial charge in [0.05, 0.1) is 5.70 Å². The first kappa shape index (κ1) is 10.3. The second-order valence-electron chi connectivity index (χ2n) is 2.77. The van der Waals surface area contributed by atoms with Crippen LogP contribution in [0.5, 0.6) is 0 Å². The highest BCUT2D eigenvalue weighted by Gasteiger charge is 1.99. The van der Waals surface area contributed by atoms with E-state index in [9.17, 15) is 4.39 Å². The normalized spacial score (nSPS) is 10.8. The van der Waals surface area contributed by atoms with Crippen LogP contribution in [0, 0.1) is 17.3 Å². The molecule has 72 valence electrons. The summed E-state index contributed by atoms with van der Waals surface area (Å²) >= 11 is 0. The molecule has 0 aromatic heterocycles. The minimum absolute atomic E-state index is 0.276. The van der Waals surface area contributed by atoms with E-state index in [1.807, 2.05) is 19.2 Å². The smallest absolute Gasteiger partial charge is 0.181 e. The Morgan fingerprint density at radius 1 is 1.50 bits per heavy atom. The maximum absolute atomic E-state index is 12.6. The Labute approximate surface area is 82.7 Å². The molecule has 1 rings (SSSR count). The molecule has 3 heteroatoms. The highest BCUT2D eigenvalue weighted by atomic mass is 19.1. The van der Waals surface area contributed by atoms with Crippen LogP contribution >= 0.6 is 0 Å². The summed E-state index contributed by atoms with van der Waals surface area (Å²) in [7, 11) is 0. The molecule has 1 aromatic rings. The monoisotopic (exact) mass is 190 g/mol.